The molecule has 3 N–H and O–H groups in total. The van der Waals surface area contributed by atoms with Gasteiger partial charge in [-0.25, -0.2) is 0 Å². The van der Waals surface area contributed by atoms with Crippen LogP contribution in [-0.4, -0.2) is 21.4 Å². The van der Waals surface area contributed by atoms with Gasteiger partial charge in [0.2, 0.25) is 0 Å². The Kier molecular flexibility index (Phi) is 2.49. The zero-order valence-electron chi connectivity index (χ0n) is 7.49. The molecule has 0 bridgehead atoms. The molecule has 0 aromatic carbocycles. The predicted molar refractivity (Wildman–Crippen MR) is 46.5 cm³/mol. The summed E-state index contributed by atoms with van der Waals surface area (Å²) in [7, 11) is 0. The van der Waals surface area contributed by atoms with E-state index in [1.54, 1.807) is 17.7 Å². The smallest absolute Gasteiger partial charge is 0.118 e. The first kappa shape index (κ1) is 9.22. The minimum Gasteiger partial charge on any atom is -0.382 e. The Hall–Kier alpha value is -0.870. The van der Waals surface area contributed by atoms with Crippen LogP contribution in [0.4, 0.5) is 0 Å². The van der Waals surface area contributed by atoms with Gasteiger partial charge in [-0.05, 0) is 19.9 Å². The van der Waals surface area contributed by atoms with Crippen molar-refractivity contribution < 1.29 is 5.11 Å². The third kappa shape index (κ3) is 1.65. The molecule has 0 amide bonds. The summed E-state index contributed by atoms with van der Waals surface area (Å²) in [6.45, 7) is 4.65. The van der Waals surface area contributed by atoms with Crippen LogP contribution < -0.4 is 5.73 Å². The minimum atomic E-state index is -1.000. The van der Waals surface area contributed by atoms with E-state index in [9.17, 15) is 5.11 Å². The molecular weight excluding hydrogens is 154 g/mol. The van der Waals surface area contributed by atoms with Gasteiger partial charge in [0.15, 0.2) is 0 Å². The van der Waals surface area contributed by atoms with Crippen LogP contribution in [0.5, 0.6) is 0 Å². The standard InChI is InChI=1S/C8H15N3O/c1-3-11-5-4-7(10-11)8(2,12)6-9/h4-5,12H,3,6,9H2,1-2H3. The van der Waals surface area contributed by atoms with Crippen molar-refractivity contribution in [3.8, 4) is 0 Å². The van der Waals surface area contributed by atoms with Crippen LogP contribution in [0, 0.1) is 0 Å². The van der Waals surface area contributed by atoms with Crippen molar-refractivity contribution in [3.05, 3.63) is 18.0 Å². The van der Waals surface area contributed by atoms with Crippen LogP contribution in [0.15, 0.2) is 12.3 Å². The van der Waals surface area contributed by atoms with Crippen LogP contribution in [0.25, 0.3) is 0 Å². The lowest BCUT2D eigenvalue weighted by molar-refractivity contribution is 0.0615. The molecule has 0 fully saturated rings. The molecule has 0 aliphatic carbocycles. The topological polar surface area (TPSA) is 64.1 Å². The fraction of sp³-hybridized carbons (Fsp3) is 0.625. The van der Waals surface area contributed by atoms with E-state index in [1.807, 2.05) is 13.1 Å². The van der Waals surface area contributed by atoms with Crippen LogP contribution in [-0.2, 0) is 12.1 Å². The molecule has 1 aromatic heterocycles. The Morgan fingerprint density at radius 1 is 1.75 bits per heavy atom. The fourth-order valence-electron chi connectivity index (χ4n) is 0.930. The number of aryl methyl sites for hydroxylation is 1. The Labute approximate surface area is 72.0 Å². The van der Waals surface area contributed by atoms with Crippen LogP contribution in [0.3, 0.4) is 0 Å². The molecule has 0 saturated carbocycles. The van der Waals surface area contributed by atoms with E-state index in [4.69, 9.17) is 5.73 Å². The van der Waals surface area contributed by atoms with Gasteiger partial charge in [-0.2, -0.15) is 5.10 Å². The third-order valence-electron chi connectivity index (χ3n) is 1.91. The maximum atomic E-state index is 9.70. The van der Waals surface area contributed by atoms with E-state index >= 15 is 0 Å². The molecule has 12 heavy (non-hydrogen) atoms. The second-order valence-corrected chi connectivity index (χ2v) is 3.03. The van der Waals surface area contributed by atoms with Gasteiger partial charge in [-0.1, -0.05) is 0 Å². The minimum absolute atomic E-state index is 0.188. The number of hydrogen-bond acceptors (Lipinski definition) is 3. The van der Waals surface area contributed by atoms with E-state index < -0.39 is 5.60 Å². The van der Waals surface area contributed by atoms with E-state index in [2.05, 4.69) is 5.10 Å². The zero-order valence-corrected chi connectivity index (χ0v) is 7.49. The molecule has 0 spiro atoms. The SMILES string of the molecule is CCn1ccc(C(C)(O)CN)n1. The fourth-order valence-corrected chi connectivity index (χ4v) is 0.930. The average Bonchev–Trinajstić information content (AvgIpc) is 2.52. The highest BCUT2D eigenvalue weighted by Crippen LogP contribution is 2.15. The molecule has 0 aliphatic rings. The van der Waals surface area contributed by atoms with Gasteiger partial charge in [-0.15, -0.1) is 0 Å². The second-order valence-electron chi connectivity index (χ2n) is 3.03. The van der Waals surface area contributed by atoms with Crippen LogP contribution in [0.2, 0.25) is 0 Å². The molecule has 0 saturated heterocycles. The first-order valence-electron chi connectivity index (χ1n) is 4.06. The monoisotopic (exact) mass is 169 g/mol. The van der Waals surface area contributed by atoms with Crippen molar-refractivity contribution in [2.24, 2.45) is 5.73 Å². The van der Waals surface area contributed by atoms with E-state index in [1.165, 1.54) is 0 Å². The van der Waals surface area contributed by atoms with Crippen LogP contribution >= 0.6 is 0 Å². The van der Waals surface area contributed by atoms with Gasteiger partial charge < -0.3 is 10.8 Å². The number of aliphatic hydroxyl groups is 1. The van der Waals surface area contributed by atoms with Gasteiger partial charge in [0.1, 0.15) is 5.60 Å². The molecular formula is C8H15N3O. The van der Waals surface area contributed by atoms with Gasteiger partial charge >= 0.3 is 0 Å². The highest BCUT2D eigenvalue weighted by Gasteiger charge is 2.23. The van der Waals surface area contributed by atoms with Crippen molar-refractivity contribution in [1.82, 2.24) is 9.78 Å². The van der Waals surface area contributed by atoms with Crippen molar-refractivity contribution >= 4 is 0 Å². The van der Waals surface area contributed by atoms with E-state index in [-0.39, 0.29) is 6.54 Å². The number of aromatic nitrogens is 2. The van der Waals surface area contributed by atoms with Gasteiger partial charge in [0, 0.05) is 19.3 Å². The molecule has 1 heterocycles. The highest BCUT2D eigenvalue weighted by molar-refractivity contribution is 5.09. The van der Waals surface area contributed by atoms with E-state index in [0.717, 1.165) is 6.54 Å². The number of hydrogen-bond donors (Lipinski definition) is 2. The number of nitrogens with zero attached hydrogens (tertiary/aromatic N) is 2. The third-order valence-corrected chi connectivity index (χ3v) is 1.91. The first-order chi connectivity index (χ1) is 5.60. The average molecular weight is 169 g/mol. The summed E-state index contributed by atoms with van der Waals surface area (Å²) < 4.78 is 1.76. The highest BCUT2D eigenvalue weighted by atomic mass is 16.3. The molecule has 68 valence electrons. The van der Waals surface area contributed by atoms with E-state index in [0.29, 0.717) is 5.69 Å². The summed E-state index contributed by atoms with van der Waals surface area (Å²) >= 11 is 0. The van der Waals surface area contributed by atoms with Crippen molar-refractivity contribution in [2.45, 2.75) is 26.0 Å². The quantitative estimate of drug-likeness (QED) is 0.673. The van der Waals surface area contributed by atoms with Crippen molar-refractivity contribution in [2.75, 3.05) is 6.54 Å². The predicted octanol–water partition coefficient (Wildman–Crippen LogP) is 0.0692. The first-order valence-corrected chi connectivity index (χ1v) is 4.06. The lowest BCUT2D eigenvalue weighted by Crippen LogP contribution is -2.31. The van der Waals surface area contributed by atoms with Gasteiger partial charge in [0.05, 0.1) is 5.69 Å². The molecule has 1 atom stereocenters. The largest absolute Gasteiger partial charge is 0.382 e. The molecule has 1 rings (SSSR count). The van der Waals surface area contributed by atoms with Crippen molar-refractivity contribution in [1.29, 1.82) is 0 Å². The lowest BCUT2D eigenvalue weighted by Gasteiger charge is -2.17. The normalized spacial score (nSPS) is 16.0. The van der Waals surface area contributed by atoms with Gasteiger partial charge in [0.25, 0.3) is 0 Å². The summed E-state index contributed by atoms with van der Waals surface area (Å²) in [5, 5.41) is 13.9. The maximum Gasteiger partial charge on any atom is 0.118 e. The second kappa shape index (κ2) is 3.25. The molecule has 1 aromatic rings. The molecule has 4 heteroatoms. The van der Waals surface area contributed by atoms with Gasteiger partial charge in [-0.3, -0.25) is 4.68 Å². The van der Waals surface area contributed by atoms with Crippen molar-refractivity contribution in [3.63, 3.8) is 0 Å². The summed E-state index contributed by atoms with van der Waals surface area (Å²) in [5.74, 6) is 0. The Morgan fingerprint density at radius 3 is 2.83 bits per heavy atom. The summed E-state index contributed by atoms with van der Waals surface area (Å²) in [4.78, 5) is 0. The summed E-state index contributed by atoms with van der Waals surface area (Å²) in [6, 6.07) is 1.79. The lowest BCUT2D eigenvalue weighted by atomic mass is 10.0. The molecule has 1 unspecified atom stereocenters. The maximum absolute atomic E-state index is 9.70. The number of nitrogens with two attached hydrogens (primary N) is 1. The molecule has 0 radical (unpaired) electrons. The Bertz CT molecular complexity index is 255. The summed E-state index contributed by atoms with van der Waals surface area (Å²) in [6.07, 6.45) is 1.83. The Balaban J connectivity index is 2.88. The summed E-state index contributed by atoms with van der Waals surface area (Å²) in [5.41, 5.74) is 5.02. The Morgan fingerprint density at radius 2 is 2.42 bits per heavy atom. The molecule has 4 nitrogen and oxygen atoms in total. The number of rotatable bonds is 3. The molecule has 0 aliphatic heterocycles. The van der Waals surface area contributed by atoms with Crippen LogP contribution in [0.1, 0.15) is 19.5 Å². The zero-order chi connectivity index (χ0) is 9.19.